The van der Waals surface area contributed by atoms with E-state index in [0.717, 1.165) is 54.0 Å². The van der Waals surface area contributed by atoms with Crippen molar-refractivity contribution in [3.05, 3.63) is 64.6 Å². The lowest BCUT2D eigenvalue weighted by Gasteiger charge is -2.33. The minimum absolute atomic E-state index is 0.140. The fourth-order valence-corrected chi connectivity index (χ4v) is 4.82. The summed E-state index contributed by atoms with van der Waals surface area (Å²) in [6.07, 6.45) is 2.88. The molecule has 3 aromatic rings. The normalized spacial score (nSPS) is 17.0. The molecule has 0 radical (unpaired) electrons. The second kappa shape index (κ2) is 10.5. The lowest BCUT2D eigenvalue weighted by atomic mass is 10.1. The highest BCUT2D eigenvalue weighted by Gasteiger charge is 2.30. The number of hydrogen-bond donors (Lipinski definition) is 3. The summed E-state index contributed by atoms with van der Waals surface area (Å²) in [5.41, 5.74) is 3.53. The van der Waals surface area contributed by atoms with E-state index in [4.69, 9.17) is 4.74 Å². The molecule has 1 aliphatic rings. The average Bonchev–Trinajstić information content (AvgIpc) is 3.17. The summed E-state index contributed by atoms with van der Waals surface area (Å²) in [5.74, 6) is 1.60. The Labute approximate surface area is 185 Å². The Morgan fingerprint density at radius 1 is 1.13 bits per heavy atom. The van der Waals surface area contributed by atoms with E-state index in [1.54, 1.807) is 11.8 Å². The van der Waals surface area contributed by atoms with Gasteiger partial charge in [0.15, 0.2) is 0 Å². The highest BCUT2D eigenvalue weighted by molar-refractivity contribution is 7.99. The van der Waals surface area contributed by atoms with Gasteiger partial charge >= 0.3 is 11.7 Å². The number of H-pyrrole nitrogens is 2. The summed E-state index contributed by atoms with van der Waals surface area (Å²) in [6, 6.07) is 15.8. The number of imidazole rings is 1. The van der Waals surface area contributed by atoms with Crippen LogP contribution in [0.4, 0.5) is 5.69 Å². The maximum atomic E-state index is 12.7. The van der Waals surface area contributed by atoms with Gasteiger partial charge < -0.3 is 20.0 Å². The first-order valence-corrected chi connectivity index (χ1v) is 11.8. The third-order valence-corrected chi connectivity index (χ3v) is 6.48. The Morgan fingerprint density at radius 2 is 1.97 bits per heavy atom. The van der Waals surface area contributed by atoms with E-state index in [2.05, 4.69) is 44.5 Å². The molecule has 0 saturated carbocycles. The van der Waals surface area contributed by atoms with Crippen LogP contribution in [0, 0.1) is 0 Å². The van der Waals surface area contributed by atoms with Gasteiger partial charge in [-0.05, 0) is 43.0 Å². The van der Waals surface area contributed by atoms with Gasteiger partial charge in [-0.1, -0.05) is 30.3 Å². The molecule has 7 nitrogen and oxygen atoms in total. The Bertz CT molecular complexity index is 1050. The number of anilines is 1. The number of rotatable bonds is 9. The average molecular weight is 441 g/mol. The minimum Gasteiger partial charge on any atom is -0.464 e. The van der Waals surface area contributed by atoms with Gasteiger partial charge in [-0.15, -0.1) is 0 Å². The van der Waals surface area contributed by atoms with E-state index >= 15 is 0 Å². The quantitative estimate of drug-likeness (QED) is 0.350. The van der Waals surface area contributed by atoms with Crippen molar-refractivity contribution in [3.63, 3.8) is 0 Å². The molecule has 1 atom stereocenters. The van der Waals surface area contributed by atoms with Crippen molar-refractivity contribution in [2.75, 3.05) is 36.6 Å². The van der Waals surface area contributed by atoms with Crippen LogP contribution in [0.25, 0.3) is 11.0 Å². The number of ether oxygens (including phenoxy) is 1. The number of carbonyl (C=O) groups is 1. The highest BCUT2D eigenvalue weighted by Crippen LogP contribution is 2.19. The lowest BCUT2D eigenvalue weighted by molar-refractivity contribution is -0.149. The van der Waals surface area contributed by atoms with Gasteiger partial charge in [0.05, 0.1) is 24.3 Å². The topological polar surface area (TPSA) is 90.2 Å². The number of unbranched alkanes of at least 4 members (excludes halogenated alkanes) is 1. The molecule has 1 fully saturated rings. The molecule has 3 N–H and O–H groups in total. The molecule has 0 spiro atoms. The standard InChI is InChI=1S/C23H28N4O3S/c28-22(30-12-5-4-8-17-6-2-1-3-7-17)21-15-31-13-11-27(21)16-24-18-9-10-19-20(14-18)26-23(29)25-19/h1-3,6-7,9-10,14,21,24H,4-5,8,11-13,15-16H2,(H2,25,26,29). The molecule has 0 bridgehead atoms. The van der Waals surface area contributed by atoms with Crippen LogP contribution >= 0.6 is 11.8 Å². The van der Waals surface area contributed by atoms with Crippen LogP contribution in [0.1, 0.15) is 18.4 Å². The molecular formula is C23H28N4O3S. The first-order chi connectivity index (χ1) is 15.2. The fourth-order valence-electron chi connectivity index (χ4n) is 3.72. The number of aryl methyl sites for hydroxylation is 1. The summed E-state index contributed by atoms with van der Waals surface area (Å²) in [5, 5.41) is 3.37. The second-order valence-electron chi connectivity index (χ2n) is 7.69. The van der Waals surface area contributed by atoms with Gasteiger partial charge in [0.25, 0.3) is 0 Å². The van der Waals surface area contributed by atoms with Crippen LogP contribution < -0.4 is 11.0 Å². The molecule has 2 aromatic carbocycles. The number of nitrogens with one attached hydrogen (secondary N) is 3. The van der Waals surface area contributed by atoms with E-state index in [0.29, 0.717) is 13.3 Å². The number of hydrogen-bond acceptors (Lipinski definition) is 6. The number of carbonyl (C=O) groups excluding carboxylic acids is 1. The van der Waals surface area contributed by atoms with Crippen LogP contribution in [0.3, 0.4) is 0 Å². The molecule has 1 unspecified atom stereocenters. The third kappa shape index (κ3) is 5.92. The van der Waals surface area contributed by atoms with Crippen molar-refractivity contribution in [1.82, 2.24) is 14.9 Å². The van der Waals surface area contributed by atoms with Crippen LogP contribution in [0.2, 0.25) is 0 Å². The summed E-state index contributed by atoms with van der Waals surface area (Å²) >= 11 is 1.79. The SMILES string of the molecule is O=C(OCCCCc1ccccc1)C1CSCCN1CNc1ccc2[nH]c(=O)[nH]c2c1. The van der Waals surface area contributed by atoms with Crippen molar-refractivity contribution in [1.29, 1.82) is 0 Å². The lowest BCUT2D eigenvalue weighted by Crippen LogP contribution is -2.49. The maximum absolute atomic E-state index is 12.7. The van der Waals surface area contributed by atoms with E-state index in [-0.39, 0.29) is 17.7 Å². The monoisotopic (exact) mass is 440 g/mol. The highest BCUT2D eigenvalue weighted by atomic mass is 32.2. The molecule has 0 amide bonds. The largest absolute Gasteiger partial charge is 0.464 e. The van der Waals surface area contributed by atoms with Gasteiger partial charge in [0.2, 0.25) is 0 Å². The molecule has 1 aliphatic heterocycles. The number of esters is 1. The van der Waals surface area contributed by atoms with Gasteiger partial charge in [0.1, 0.15) is 6.04 Å². The molecule has 1 aromatic heterocycles. The fraction of sp³-hybridized carbons (Fsp3) is 0.391. The third-order valence-electron chi connectivity index (χ3n) is 5.46. The van der Waals surface area contributed by atoms with Gasteiger partial charge in [-0.2, -0.15) is 11.8 Å². The van der Waals surface area contributed by atoms with Crippen molar-refractivity contribution in [2.24, 2.45) is 0 Å². The van der Waals surface area contributed by atoms with Crippen LogP contribution in [-0.4, -0.2) is 58.2 Å². The zero-order valence-electron chi connectivity index (χ0n) is 17.4. The predicted molar refractivity (Wildman–Crippen MR) is 126 cm³/mol. The van der Waals surface area contributed by atoms with E-state index in [1.807, 2.05) is 24.3 Å². The number of aromatic nitrogens is 2. The van der Waals surface area contributed by atoms with Crippen molar-refractivity contribution in [2.45, 2.75) is 25.3 Å². The number of fused-ring (bicyclic) bond motifs is 1. The molecule has 164 valence electrons. The van der Waals surface area contributed by atoms with E-state index in [1.165, 1.54) is 5.56 Å². The van der Waals surface area contributed by atoms with Crippen LogP contribution in [0.5, 0.6) is 0 Å². The molecule has 2 heterocycles. The molecular weight excluding hydrogens is 412 g/mol. The summed E-state index contributed by atoms with van der Waals surface area (Å²) in [4.78, 5) is 31.7. The molecule has 31 heavy (non-hydrogen) atoms. The smallest absolute Gasteiger partial charge is 0.324 e. The van der Waals surface area contributed by atoms with Crippen LogP contribution in [0.15, 0.2) is 53.3 Å². The summed E-state index contributed by atoms with van der Waals surface area (Å²) in [7, 11) is 0. The predicted octanol–water partition coefficient (Wildman–Crippen LogP) is 3.21. The number of aromatic amines is 2. The van der Waals surface area contributed by atoms with Gasteiger partial charge in [-0.25, -0.2) is 4.79 Å². The Kier molecular flexibility index (Phi) is 7.32. The van der Waals surface area contributed by atoms with Crippen LogP contribution in [-0.2, 0) is 16.0 Å². The van der Waals surface area contributed by atoms with Crippen molar-refractivity contribution >= 4 is 34.5 Å². The van der Waals surface area contributed by atoms with Crippen molar-refractivity contribution in [3.8, 4) is 0 Å². The van der Waals surface area contributed by atoms with Gasteiger partial charge in [0, 0.05) is 23.7 Å². The summed E-state index contributed by atoms with van der Waals surface area (Å²) < 4.78 is 5.60. The van der Waals surface area contributed by atoms with Crippen molar-refractivity contribution < 1.29 is 9.53 Å². The summed E-state index contributed by atoms with van der Waals surface area (Å²) in [6.45, 7) is 1.84. The molecule has 8 heteroatoms. The number of nitrogens with zero attached hydrogens (tertiary/aromatic N) is 1. The van der Waals surface area contributed by atoms with E-state index < -0.39 is 0 Å². The second-order valence-corrected chi connectivity index (χ2v) is 8.84. The maximum Gasteiger partial charge on any atom is 0.324 e. The molecule has 1 saturated heterocycles. The van der Waals surface area contributed by atoms with Gasteiger partial charge in [-0.3, -0.25) is 9.69 Å². The Morgan fingerprint density at radius 3 is 2.84 bits per heavy atom. The number of benzene rings is 2. The minimum atomic E-state index is -0.240. The molecule has 4 rings (SSSR count). The molecule has 0 aliphatic carbocycles. The first-order valence-electron chi connectivity index (χ1n) is 10.7. The zero-order chi connectivity index (χ0) is 21.5. The Balaban J connectivity index is 1.24. The number of thioether (sulfide) groups is 1. The Hall–Kier alpha value is -2.71. The first kappa shape index (κ1) is 21.5. The van der Waals surface area contributed by atoms with E-state index in [9.17, 15) is 9.59 Å². The zero-order valence-corrected chi connectivity index (χ0v) is 18.2.